The van der Waals surface area contributed by atoms with Gasteiger partial charge in [-0.1, -0.05) is 13.8 Å². The van der Waals surface area contributed by atoms with E-state index in [2.05, 4.69) is 37.1 Å². The smallest absolute Gasteiger partial charge is 0.0554 e. The molecule has 0 amide bonds. The summed E-state index contributed by atoms with van der Waals surface area (Å²) in [6.07, 6.45) is 1.89. The molecule has 0 spiro atoms. The summed E-state index contributed by atoms with van der Waals surface area (Å²) in [7, 11) is 1.92. The van der Waals surface area contributed by atoms with Crippen LogP contribution in [0.15, 0.2) is 12.3 Å². The highest BCUT2D eigenvalue weighted by Crippen LogP contribution is 2.18. The molecule has 0 bridgehead atoms. The first-order valence-electron chi connectivity index (χ1n) is 4.29. The topological polar surface area (TPSA) is 24.9 Å². The molecule has 0 aliphatic carbocycles. The molecule has 1 aromatic heterocycles. The van der Waals surface area contributed by atoms with Gasteiger partial charge in [0, 0.05) is 12.7 Å². The Balaban J connectivity index is 3.02. The van der Waals surface area contributed by atoms with E-state index >= 15 is 0 Å². The zero-order valence-electron chi connectivity index (χ0n) is 8.18. The SMILES string of the molecule is CNc1cnc(C(C)C)cc1C. The lowest BCUT2D eigenvalue weighted by Gasteiger charge is -2.08. The number of hydrogen-bond donors (Lipinski definition) is 1. The molecule has 0 saturated carbocycles. The minimum absolute atomic E-state index is 0.509. The summed E-state index contributed by atoms with van der Waals surface area (Å²) in [6, 6.07) is 2.14. The van der Waals surface area contributed by atoms with Crippen molar-refractivity contribution >= 4 is 5.69 Å². The van der Waals surface area contributed by atoms with E-state index in [1.54, 1.807) is 0 Å². The van der Waals surface area contributed by atoms with Crippen LogP contribution >= 0.6 is 0 Å². The van der Waals surface area contributed by atoms with Crippen LogP contribution in [0.2, 0.25) is 0 Å². The Bertz CT molecular complexity index is 267. The summed E-state index contributed by atoms with van der Waals surface area (Å²) in [5.74, 6) is 0.509. The fraction of sp³-hybridized carbons (Fsp3) is 0.500. The van der Waals surface area contributed by atoms with E-state index in [9.17, 15) is 0 Å². The van der Waals surface area contributed by atoms with E-state index in [-0.39, 0.29) is 0 Å². The summed E-state index contributed by atoms with van der Waals surface area (Å²) in [6.45, 7) is 6.40. The first-order valence-corrected chi connectivity index (χ1v) is 4.29. The van der Waals surface area contributed by atoms with Crippen molar-refractivity contribution < 1.29 is 0 Å². The predicted octanol–water partition coefficient (Wildman–Crippen LogP) is 2.56. The molecule has 0 aliphatic heterocycles. The number of hydrogen-bond acceptors (Lipinski definition) is 2. The van der Waals surface area contributed by atoms with Crippen molar-refractivity contribution in [3.63, 3.8) is 0 Å². The van der Waals surface area contributed by atoms with Gasteiger partial charge in [0.25, 0.3) is 0 Å². The molecule has 0 saturated heterocycles. The number of rotatable bonds is 2. The highest BCUT2D eigenvalue weighted by molar-refractivity contribution is 5.48. The molecule has 1 aromatic rings. The summed E-state index contributed by atoms with van der Waals surface area (Å²) >= 11 is 0. The largest absolute Gasteiger partial charge is 0.387 e. The molecule has 1 heterocycles. The van der Waals surface area contributed by atoms with Crippen molar-refractivity contribution in [1.29, 1.82) is 0 Å². The Labute approximate surface area is 74.0 Å². The first kappa shape index (κ1) is 9.04. The van der Waals surface area contributed by atoms with Gasteiger partial charge in [-0.3, -0.25) is 4.98 Å². The number of aryl methyl sites for hydroxylation is 1. The van der Waals surface area contributed by atoms with Crippen molar-refractivity contribution in [3.8, 4) is 0 Å². The van der Waals surface area contributed by atoms with Gasteiger partial charge in [0.2, 0.25) is 0 Å². The van der Waals surface area contributed by atoms with E-state index in [1.165, 1.54) is 5.56 Å². The fourth-order valence-corrected chi connectivity index (χ4v) is 1.16. The van der Waals surface area contributed by atoms with Gasteiger partial charge in [-0.15, -0.1) is 0 Å². The van der Waals surface area contributed by atoms with Crippen LogP contribution in [0.4, 0.5) is 5.69 Å². The Hall–Kier alpha value is -1.05. The van der Waals surface area contributed by atoms with E-state index < -0.39 is 0 Å². The third-order valence-corrected chi connectivity index (χ3v) is 1.99. The van der Waals surface area contributed by atoms with Crippen LogP contribution in [0.25, 0.3) is 0 Å². The maximum absolute atomic E-state index is 4.35. The maximum atomic E-state index is 4.35. The molecule has 0 radical (unpaired) electrons. The standard InChI is InChI=1S/C10H16N2/c1-7(2)9-5-8(3)10(11-4)6-12-9/h5-7,11H,1-4H3. The van der Waals surface area contributed by atoms with Gasteiger partial charge in [0.1, 0.15) is 0 Å². The molecule has 12 heavy (non-hydrogen) atoms. The number of pyridine rings is 1. The van der Waals surface area contributed by atoms with E-state index in [0.29, 0.717) is 5.92 Å². The van der Waals surface area contributed by atoms with E-state index in [0.717, 1.165) is 11.4 Å². The van der Waals surface area contributed by atoms with Crippen LogP contribution in [0.3, 0.4) is 0 Å². The summed E-state index contributed by atoms with van der Waals surface area (Å²) in [4.78, 5) is 4.35. The predicted molar refractivity (Wildman–Crippen MR) is 52.6 cm³/mol. The average molecular weight is 164 g/mol. The molecule has 2 nitrogen and oxygen atoms in total. The zero-order valence-corrected chi connectivity index (χ0v) is 8.18. The van der Waals surface area contributed by atoms with E-state index in [1.807, 2.05) is 13.2 Å². The van der Waals surface area contributed by atoms with E-state index in [4.69, 9.17) is 0 Å². The van der Waals surface area contributed by atoms with Crippen molar-refractivity contribution in [1.82, 2.24) is 4.98 Å². The Kier molecular flexibility index (Phi) is 2.69. The minimum Gasteiger partial charge on any atom is -0.387 e. The Morgan fingerprint density at radius 3 is 2.50 bits per heavy atom. The summed E-state index contributed by atoms with van der Waals surface area (Å²) in [5.41, 5.74) is 3.53. The number of nitrogens with one attached hydrogen (secondary N) is 1. The molecule has 2 heteroatoms. The second-order valence-electron chi connectivity index (χ2n) is 3.33. The van der Waals surface area contributed by atoms with Crippen LogP contribution in [-0.2, 0) is 0 Å². The monoisotopic (exact) mass is 164 g/mol. The first-order chi connectivity index (χ1) is 5.65. The van der Waals surface area contributed by atoms with Gasteiger partial charge < -0.3 is 5.32 Å². The highest BCUT2D eigenvalue weighted by atomic mass is 14.9. The molecule has 1 rings (SSSR count). The molecule has 0 aromatic carbocycles. The van der Waals surface area contributed by atoms with Crippen molar-refractivity contribution in [2.75, 3.05) is 12.4 Å². The molecule has 0 fully saturated rings. The van der Waals surface area contributed by atoms with Gasteiger partial charge in [0.15, 0.2) is 0 Å². The maximum Gasteiger partial charge on any atom is 0.0554 e. The zero-order chi connectivity index (χ0) is 9.14. The third-order valence-electron chi connectivity index (χ3n) is 1.99. The van der Waals surface area contributed by atoms with Crippen LogP contribution in [-0.4, -0.2) is 12.0 Å². The molecule has 66 valence electrons. The molecular formula is C10H16N2. The van der Waals surface area contributed by atoms with Crippen LogP contribution in [0.5, 0.6) is 0 Å². The van der Waals surface area contributed by atoms with Gasteiger partial charge in [-0.2, -0.15) is 0 Å². The van der Waals surface area contributed by atoms with Gasteiger partial charge >= 0.3 is 0 Å². The van der Waals surface area contributed by atoms with Gasteiger partial charge in [-0.05, 0) is 24.5 Å². The molecule has 0 aliphatic rings. The highest BCUT2D eigenvalue weighted by Gasteiger charge is 2.02. The quantitative estimate of drug-likeness (QED) is 0.726. The van der Waals surface area contributed by atoms with Crippen molar-refractivity contribution in [2.45, 2.75) is 26.7 Å². The van der Waals surface area contributed by atoms with Crippen LogP contribution in [0, 0.1) is 6.92 Å². The number of anilines is 1. The lowest BCUT2D eigenvalue weighted by atomic mass is 10.1. The number of nitrogens with zero attached hydrogens (tertiary/aromatic N) is 1. The second-order valence-corrected chi connectivity index (χ2v) is 3.33. The Morgan fingerprint density at radius 1 is 1.42 bits per heavy atom. The van der Waals surface area contributed by atoms with Crippen LogP contribution in [0.1, 0.15) is 31.0 Å². The molecule has 0 atom stereocenters. The van der Waals surface area contributed by atoms with Crippen LogP contribution < -0.4 is 5.32 Å². The lowest BCUT2D eigenvalue weighted by molar-refractivity contribution is 0.821. The molecular weight excluding hydrogens is 148 g/mol. The van der Waals surface area contributed by atoms with Crippen molar-refractivity contribution in [2.24, 2.45) is 0 Å². The van der Waals surface area contributed by atoms with Gasteiger partial charge in [0.05, 0.1) is 11.9 Å². The fourth-order valence-electron chi connectivity index (χ4n) is 1.16. The summed E-state index contributed by atoms with van der Waals surface area (Å²) in [5, 5.41) is 3.10. The summed E-state index contributed by atoms with van der Waals surface area (Å²) < 4.78 is 0. The molecule has 1 N–H and O–H groups in total. The normalized spacial score (nSPS) is 10.4. The third kappa shape index (κ3) is 1.76. The molecule has 0 unspecified atom stereocenters. The average Bonchev–Trinajstić information content (AvgIpc) is 2.04. The van der Waals surface area contributed by atoms with Crippen molar-refractivity contribution in [3.05, 3.63) is 23.5 Å². The second kappa shape index (κ2) is 3.57. The Morgan fingerprint density at radius 2 is 2.08 bits per heavy atom. The minimum atomic E-state index is 0.509. The van der Waals surface area contributed by atoms with Gasteiger partial charge in [-0.25, -0.2) is 0 Å². The number of aromatic nitrogens is 1. The lowest BCUT2D eigenvalue weighted by Crippen LogP contribution is -1.97.